The molecule has 0 atom stereocenters. The quantitative estimate of drug-likeness (QED) is 0.504. The van der Waals surface area contributed by atoms with Crippen LogP contribution in [0.25, 0.3) is 31.7 Å². The van der Waals surface area contributed by atoms with Crippen LogP contribution >= 0.6 is 11.3 Å². The van der Waals surface area contributed by atoms with Gasteiger partial charge in [-0.3, -0.25) is 4.79 Å². The Bertz CT molecular complexity index is 1180. The molecule has 7 heteroatoms. The number of rotatable bonds is 4. The number of likely N-dealkylation sites (N-methyl/N-ethyl adjacent to an activating group) is 1. The number of hydrogen-bond acceptors (Lipinski definition) is 6. The van der Waals surface area contributed by atoms with Crippen molar-refractivity contribution >= 4 is 44.2 Å². The number of ether oxygens (including phenoxy) is 1. The topological polar surface area (TPSA) is 58.6 Å². The Morgan fingerprint density at radius 1 is 1.07 bits per heavy atom. The minimum absolute atomic E-state index is 0.0947. The van der Waals surface area contributed by atoms with Gasteiger partial charge in [-0.15, -0.1) is 11.3 Å². The van der Waals surface area contributed by atoms with Gasteiger partial charge in [0.1, 0.15) is 10.8 Å². The lowest BCUT2D eigenvalue weighted by atomic mass is 10.1. The average molecular weight is 419 g/mol. The Morgan fingerprint density at radius 3 is 2.60 bits per heavy atom. The molecule has 5 rings (SSSR count). The van der Waals surface area contributed by atoms with Crippen molar-refractivity contribution in [2.45, 2.75) is 0 Å². The summed E-state index contributed by atoms with van der Waals surface area (Å²) in [5.74, 6) is 0.863. The molecule has 4 aromatic rings. The first-order valence-electron chi connectivity index (χ1n) is 10.0. The lowest BCUT2D eigenvalue weighted by Crippen LogP contribution is -2.45. The number of aromatic nitrogens is 2. The number of benzene rings is 2. The maximum atomic E-state index is 12.7. The van der Waals surface area contributed by atoms with Gasteiger partial charge in [0.15, 0.2) is 0 Å². The second-order valence-electron chi connectivity index (χ2n) is 7.38. The molecule has 0 saturated carbocycles. The Labute approximate surface area is 178 Å². The van der Waals surface area contributed by atoms with E-state index in [-0.39, 0.29) is 12.5 Å². The van der Waals surface area contributed by atoms with E-state index in [0.29, 0.717) is 26.3 Å². The fourth-order valence-electron chi connectivity index (χ4n) is 3.72. The zero-order chi connectivity index (χ0) is 20.5. The summed E-state index contributed by atoms with van der Waals surface area (Å²) in [6.45, 7) is 2.78. The van der Waals surface area contributed by atoms with Gasteiger partial charge in [0.2, 0.25) is 5.91 Å². The Kier molecular flexibility index (Phi) is 5.06. The molecule has 1 aliphatic heterocycles. The van der Waals surface area contributed by atoms with Crippen LogP contribution in [0.3, 0.4) is 0 Å². The zero-order valence-corrected chi connectivity index (χ0v) is 17.6. The average Bonchev–Trinajstić information content (AvgIpc) is 3.23. The van der Waals surface area contributed by atoms with E-state index in [2.05, 4.69) is 12.1 Å². The van der Waals surface area contributed by atoms with E-state index in [1.165, 1.54) is 0 Å². The number of para-hydroxylation sites is 2. The summed E-state index contributed by atoms with van der Waals surface area (Å²) in [6.07, 6.45) is 0. The van der Waals surface area contributed by atoms with Crippen molar-refractivity contribution in [3.05, 3.63) is 54.6 Å². The van der Waals surface area contributed by atoms with Crippen LogP contribution < -0.4 is 4.90 Å². The summed E-state index contributed by atoms with van der Waals surface area (Å²) in [7, 11) is 1.91. The number of fused-ring (bicyclic) bond motifs is 2. The number of nitrogens with zero attached hydrogens (tertiary/aromatic N) is 4. The number of morpholine rings is 1. The van der Waals surface area contributed by atoms with E-state index in [1.54, 1.807) is 11.3 Å². The molecular formula is C23H22N4O2S. The third-order valence-corrected chi connectivity index (χ3v) is 6.42. The van der Waals surface area contributed by atoms with Gasteiger partial charge in [-0.1, -0.05) is 30.3 Å². The maximum absolute atomic E-state index is 12.7. The van der Waals surface area contributed by atoms with Gasteiger partial charge in [-0.05, 0) is 24.3 Å². The van der Waals surface area contributed by atoms with Crippen LogP contribution in [0.15, 0.2) is 54.6 Å². The first kappa shape index (κ1) is 19.0. The molecule has 6 nitrogen and oxygen atoms in total. The van der Waals surface area contributed by atoms with Crippen molar-refractivity contribution in [1.29, 1.82) is 0 Å². The van der Waals surface area contributed by atoms with Crippen LogP contribution in [0.1, 0.15) is 0 Å². The number of pyridine rings is 1. The molecule has 2 aromatic heterocycles. The summed E-state index contributed by atoms with van der Waals surface area (Å²) < 4.78 is 6.51. The molecule has 1 aliphatic rings. The van der Waals surface area contributed by atoms with Crippen molar-refractivity contribution in [3.63, 3.8) is 0 Å². The monoisotopic (exact) mass is 418 g/mol. The Balaban J connectivity index is 1.52. The molecule has 0 radical (unpaired) electrons. The predicted molar refractivity (Wildman–Crippen MR) is 121 cm³/mol. The molecule has 2 aromatic carbocycles. The first-order chi connectivity index (χ1) is 14.7. The minimum Gasteiger partial charge on any atom is -0.378 e. The molecule has 0 spiro atoms. The fourth-order valence-corrected chi connectivity index (χ4v) is 4.71. The van der Waals surface area contributed by atoms with E-state index in [4.69, 9.17) is 14.7 Å². The number of hydrogen-bond donors (Lipinski definition) is 0. The highest BCUT2D eigenvalue weighted by molar-refractivity contribution is 7.21. The van der Waals surface area contributed by atoms with E-state index in [1.807, 2.05) is 59.3 Å². The second kappa shape index (κ2) is 8.01. The van der Waals surface area contributed by atoms with E-state index in [9.17, 15) is 4.79 Å². The van der Waals surface area contributed by atoms with Gasteiger partial charge in [-0.25, -0.2) is 9.97 Å². The Morgan fingerprint density at radius 2 is 1.80 bits per heavy atom. The first-order valence-corrected chi connectivity index (χ1v) is 10.8. The van der Waals surface area contributed by atoms with Gasteiger partial charge < -0.3 is 14.5 Å². The van der Waals surface area contributed by atoms with Crippen LogP contribution in [-0.2, 0) is 9.53 Å². The smallest absolute Gasteiger partial charge is 0.242 e. The zero-order valence-electron chi connectivity index (χ0n) is 16.7. The molecule has 3 heterocycles. The molecule has 1 fully saturated rings. The van der Waals surface area contributed by atoms with Crippen molar-refractivity contribution in [3.8, 4) is 10.6 Å². The highest BCUT2D eigenvalue weighted by atomic mass is 32.1. The van der Waals surface area contributed by atoms with Gasteiger partial charge >= 0.3 is 0 Å². The molecule has 1 amide bonds. The van der Waals surface area contributed by atoms with Crippen molar-refractivity contribution < 1.29 is 9.53 Å². The molecule has 0 unspecified atom stereocenters. The minimum atomic E-state index is 0.0947. The lowest BCUT2D eigenvalue weighted by molar-refractivity contribution is -0.133. The summed E-state index contributed by atoms with van der Waals surface area (Å²) in [4.78, 5) is 26.2. The number of thiazole rings is 1. The largest absolute Gasteiger partial charge is 0.378 e. The van der Waals surface area contributed by atoms with E-state index >= 15 is 0 Å². The third-order valence-electron chi connectivity index (χ3n) is 5.35. The van der Waals surface area contributed by atoms with Crippen LogP contribution in [-0.4, -0.2) is 60.7 Å². The molecule has 0 aliphatic carbocycles. The standard InChI is InChI=1S/C23H22N4O2S/c1-26(15-22(28)27-10-12-29-13-11-27)21-14-17(16-6-2-3-7-18(16)24-21)23-25-19-8-4-5-9-20(19)30-23/h2-9,14H,10-13,15H2,1H3. The summed E-state index contributed by atoms with van der Waals surface area (Å²) in [5.41, 5.74) is 2.94. The second-order valence-corrected chi connectivity index (χ2v) is 8.41. The highest BCUT2D eigenvalue weighted by Gasteiger charge is 2.20. The van der Waals surface area contributed by atoms with Crippen LogP contribution in [0.5, 0.6) is 0 Å². The molecule has 0 N–H and O–H groups in total. The lowest BCUT2D eigenvalue weighted by Gasteiger charge is -2.29. The van der Waals surface area contributed by atoms with Crippen molar-refractivity contribution in [2.24, 2.45) is 0 Å². The summed E-state index contributed by atoms with van der Waals surface area (Å²) in [6, 6.07) is 18.3. The third kappa shape index (κ3) is 3.62. The van der Waals surface area contributed by atoms with E-state index < -0.39 is 0 Å². The van der Waals surface area contributed by atoms with Gasteiger partial charge in [0, 0.05) is 31.1 Å². The van der Waals surface area contributed by atoms with Gasteiger partial charge in [0.05, 0.1) is 35.5 Å². The SMILES string of the molecule is CN(CC(=O)N1CCOCC1)c1cc(-c2nc3ccccc3s2)c2ccccc2n1. The highest BCUT2D eigenvalue weighted by Crippen LogP contribution is 2.36. The molecule has 30 heavy (non-hydrogen) atoms. The number of carbonyl (C=O) groups is 1. The van der Waals surface area contributed by atoms with Crippen LogP contribution in [0.2, 0.25) is 0 Å². The number of carbonyl (C=O) groups excluding carboxylic acids is 1. The summed E-state index contributed by atoms with van der Waals surface area (Å²) >= 11 is 1.68. The Hall–Kier alpha value is -3.03. The number of anilines is 1. The van der Waals surface area contributed by atoms with Gasteiger partial charge in [0.25, 0.3) is 0 Å². The van der Waals surface area contributed by atoms with Crippen molar-refractivity contribution in [1.82, 2.24) is 14.9 Å². The predicted octanol–water partition coefficient (Wildman–Crippen LogP) is 3.81. The number of amides is 1. The molecule has 152 valence electrons. The molecule has 1 saturated heterocycles. The van der Waals surface area contributed by atoms with Gasteiger partial charge in [-0.2, -0.15) is 0 Å². The molecule has 0 bridgehead atoms. The van der Waals surface area contributed by atoms with Crippen LogP contribution in [0.4, 0.5) is 5.82 Å². The maximum Gasteiger partial charge on any atom is 0.242 e. The summed E-state index contributed by atoms with van der Waals surface area (Å²) in [5, 5.41) is 2.03. The van der Waals surface area contributed by atoms with Crippen molar-refractivity contribution in [2.75, 3.05) is 44.8 Å². The normalized spacial score (nSPS) is 14.4. The fraction of sp³-hybridized carbons (Fsp3) is 0.261. The molecular weight excluding hydrogens is 396 g/mol. The van der Waals surface area contributed by atoms with Crippen LogP contribution in [0, 0.1) is 0 Å². The van der Waals surface area contributed by atoms with E-state index in [0.717, 1.165) is 37.5 Å².